The Labute approximate surface area is 164 Å². The molecule has 1 heterocycles. The van der Waals surface area contributed by atoms with Gasteiger partial charge in [0.1, 0.15) is 10.8 Å². The van der Waals surface area contributed by atoms with Crippen LogP contribution in [0.4, 0.5) is 10.1 Å². The SMILES string of the molecule is C[C@@H](OC(=O)c1csc(-c2ccc(F)cc2)n1)C(=O)Nc1cccc(C#N)c1. The summed E-state index contributed by atoms with van der Waals surface area (Å²) in [6.45, 7) is 1.44. The molecular weight excluding hydrogens is 381 g/mol. The van der Waals surface area contributed by atoms with Crippen LogP contribution < -0.4 is 5.32 Å². The van der Waals surface area contributed by atoms with Crippen molar-refractivity contribution in [2.75, 3.05) is 5.32 Å². The van der Waals surface area contributed by atoms with Gasteiger partial charge in [-0.1, -0.05) is 6.07 Å². The highest BCUT2D eigenvalue weighted by molar-refractivity contribution is 7.13. The Hall–Kier alpha value is -3.57. The van der Waals surface area contributed by atoms with Gasteiger partial charge in [0, 0.05) is 16.6 Å². The highest BCUT2D eigenvalue weighted by atomic mass is 32.1. The van der Waals surface area contributed by atoms with E-state index in [1.54, 1.807) is 30.3 Å². The van der Waals surface area contributed by atoms with Gasteiger partial charge in [0.2, 0.25) is 0 Å². The molecule has 0 aliphatic rings. The molecule has 1 amide bonds. The van der Waals surface area contributed by atoms with E-state index in [1.165, 1.54) is 41.8 Å². The van der Waals surface area contributed by atoms with E-state index in [-0.39, 0.29) is 11.5 Å². The molecule has 0 saturated heterocycles. The molecule has 0 radical (unpaired) electrons. The van der Waals surface area contributed by atoms with Gasteiger partial charge >= 0.3 is 5.97 Å². The summed E-state index contributed by atoms with van der Waals surface area (Å²) in [7, 11) is 0. The Morgan fingerprint density at radius 1 is 1.25 bits per heavy atom. The third-order valence-electron chi connectivity index (χ3n) is 3.72. The zero-order valence-corrected chi connectivity index (χ0v) is 15.5. The lowest BCUT2D eigenvalue weighted by Crippen LogP contribution is -2.30. The van der Waals surface area contributed by atoms with E-state index in [0.29, 0.717) is 21.8 Å². The van der Waals surface area contributed by atoms with E-state index >= 15 is 0 Å². The zero-order valence-electron chi connectivity index (χ0n) is 14.7. The molecule has 1 N–H and O–H groups in total. The van der Waals surface area contributed by atoms with E-state index < -0.39 is 18.0 Å². The summed E-state index contributed by atoms with van der Waals surface area (Å²) in [6, 6.07) is 14.1. The van der Waals surface area contributed by atoms with Crippen LogP contribution in [0.3, 0.4) is 0 Å². The number of halogens is 1. The zero-order chi connectivity index (χ0) is 20.1. The summed E-state index contributed by atoms with van der Waals surface area (Å²) >= 11 is 1.21. The maximum atomic E-state index is 13.0. The van der Waals surface area contributed by atoms with Crippen LogP contribution in [0.1, 0.15) is 23.0 Å². The van der Waals surface area contributed by atoms with Gasteiger partial charge in [0.25, 0.3) is 5.91 Å². The average Bonchev–Trinajstić information content (AvgIpc) is 3.19. The molecule has 28 heavy (non-hydrogen) atoms. The molecule has 0 saturated carbocycles. The van der Waals surface area contributed by atoms with E-state index in [2.05, 4.69) is 10.3 Å². The topological polar surface area (TPSA) is 92.1 Å². The minimum absolute atomic E-state index is 0.0652. The minimum Gasteiger partial charge on any atom is -0.448 e. The summed E-state index contributed by atoms with van der Waals surface area (Å²) < 4.78 is 18.2. The number of nitrogens with one attached hydrogen (secondary N) is 1. The second kappa shape index (κ2) is 8.41. The molecule has 1 atom stereocenters. The number of benzene rings is 2. The van der Waals surface area contributed by atoms with Gasteiger partial charge in [0.05, 0.1) is 11.6 Å². The van der Waals surface area contributed by atoms with E-state index in [9.17, 15) is 14.0 Å². The first-order valence-electron chi connectivity index (χ1n) is 8.20. The molecule has 0 unspecified atom stereocenters. The Morgan fingerprint density at radius 2 is 2.00 bits per heavy atom. The van der Waals surface area contributed by atoms with Crippen molar-refractivity contribution >= 4 is 28.9 Å². The van der Waals surface area contributed by atoms with Gasteiger partial charge in [-0.3, -0.25) is 4.79 Å². The molecule has 0 spiro atoms. The monoisotopic (exact) mass is 395 g/mol. The second-order valence-corrected chi connectivity index (χ2v) is 6.63. The number of nitriles is 1. The summed E-state index contributed by atoms with van der Waals surface area (Å²) in [5.41, 5.74) is 1.57. The molecule has 3 rings (SSSR count). The number of thiazole rings is 1. The van der Waals surface area contributed by atoms with Crippen LogP contribution in [0, 0.1) is 17.1 Å². The molecule has 2 aromatic carbocycles. The smallest absolute Gasteiger partial charge is 0.358 e. The number of hydrogen-bond acceptors (Lipinski definition) is 6. The summed E-state index contributed by atoms with van der Waals surface area (Å²) in [5, 5.41) is 13.5. The first-order chi connectivity index (χ1) is 13.5. The Balaban J connectivity index is 1.63. The van der Waals surface area contributed by atoms with Crippen LogP contribution in [0.25, 0.3) is 10.6 Å². The van der Waals surface area contributed by atoms with Crippen LogP contribution >= 0.6 is 11.3 Å². The van der Waals surface area contributed by atoms with Gasteiger partial charge in [-0.25, -0.2) is 14.2 Å². The third kappa shape index (κ3) is 4.58. The molecule has 6 nitrogen and oxygen atoms in total. The maximum Gasteiger partial charge on any atom is 0.358 e. The predicted molar refractivity (Wildman–Crippen MR) is 102 cm³/mol. The number of carbonyl (C=O) groups excluding carboxylic acids is 2. The molecule has 1 aromatic heterocycles. The number of esters is 1. The number of hydrogen-bond donors (Lipinski definition) is 1. The van der Waals surface area contributed by atoms with E-state index in [1.807, 2.05) is 6.07 Å². The number of ether oxygens (including phenoxy) is 1. The predicted octanol–water partition coefficient (Wildman–Crippen LogP) is 4.00. The fraction of sp³-hybridized carbons (Fsp3) is 0.100. The highest BCUT2D eigenvalue weighted by Crippen LogP contribution is 2.24. The van der Waals surface area contributed by atoms with Crippen LogP contribution in [-0.4, -0.2) is 23.0 Å². The van der Waals surface area contributed by atoms with Crippen molar-refractivity contribution in [2.24, 2.45) is 0 Å². The van der Waals surface area contributed by atoms with Crippen LogP contribution in [0.15, 0.2) is 53.9 Å². The number of rotatable bonds is 5. The van der Waals surface area contributed by atoms with Crippen molar-refractivity contribution in [1.29, 1.82) is 5.26 Å². The standard InChI is InChI=1S/C20H14FN3O3S/c1-12(18(25)23-16-4-2-3-13(9-16)10-22)27-20(26)17-11-28-19(24-17)14-5-7-15(21)8-6-14/h2-9,11-12H,1H3,(H,23,25)/t12-/m1/s1. The normalized spacial score (nSPS) is 11.3. The summed E-state index contributed by atoms with van der Waals surface area (Å²) in [4.78, 5) is 28.6. The fourth-order valence-electron chi connectivity index (χ4n) is 2.28. The van der Waals surface area contributed by atoms with E-state index in [4.69, 9.17) is 10.00 Å². The van der Waals surface area contributed by atoms with Gasteiger partial charge in [-0.2, -0.15) is 5.26 Å². The lowest BCUT2D eigenvalue weighted by Gasteiger charge is -2.12. The minimum atomic E-state index is -1.06. The van der Waals surface area contributed by atoms with Crippen LogP contribution in [0.2, 0.25) is 0 Å². The van der Waals surface area contributed by atoms with Crippen molar-refractivity contribution in [2.45, 2.75) is 13.0 Å². The molecular formula is C20H14FN3O3S. The van der Waals surface area contributed by atoms with Crippen molar-refractivity contribution < 1.29 is 18.7 Å². The molecule has 3 aromatic rings. The molecule has 0 aliphatic carbocycles. The molecule has 8 heteroatoms. The van der Waals surface area contributed by atoms with Crippen molar-refractivity contribution in [3.63, 3.8) is 0 Å². The van der Waals surface area contributed by atoms with Crippen LogP contribution in [0.5, 0.6) is 0 Å². The van der Waals surface area contributed by atoms with Gasteiger partial charge in [0.15, 0.2) is 11.8 Å². The number of aromatic nitrogens is 1. The lowest BCUT2D eigenvalue weighted by atomic mass is 10.2. The van der Waals surface area contributed by atoms with Gasteiger partial charge < -0.3 is 10.1 Å². The maximum absolute atomic E-state index is 13.0. The largest absolute Gasteiger partial charge is 0.448 e. The first kappa shape index (κ1) is 19.2. The number of carbonyl (C=O) groups is 2. The number of nitrogens with zero attached hydrogens (tertiary/aromatic N) is 2. The second-order valence-electron chi connectivity index (χ2n) is 5.77. The molecule has 140 valence electrons. The summed E-state index contributed by atoms with van der Waals surface area (Å²) in [6.07, 6.45) is -1.06. The number of amides is 1. The Bertz CT molecular complexity index is 1060. The fourth-order valence-corrected chi connectivity index (χ4v) is 3.07. The third-order valence-corrected chi connectivity index (χ3v) is 4.61. The van der Waals surface area contributed by atoms with Gasteiger partial charge in [-0.05, 0) is 49.4 Å². The Morgan fingerprint density at radius 3 is 2.71 bits per heavy atom. The first-order valence-corrected chi connectivity index (χ1v) is 9.07. The van der Waals surface area contributed by atoms with Crippen molar-refractivity contribution in [3.05, 3.63) is 71.0 Å². The van der Waals surface area contributed by atoms with Crippen molar-refractivity contribution in [1.82, 2.24) is 4.98 Å². The van der Waals surface area contributed by atoms with E-state index in [0.717, 1.165) is 0 Å². The average molecular weight is 395 g/mol. The van der Waals surface area contributed by atoms with Crippen LogP contribution in [-0.2, 0) is 9.53 Å². The van der Waals surface area contributed by atoms with Gasteiger partial charge in [-0.15, -0.1) is 11.3 Å². The quantitative estimate of drug-likeness (QED) is 0.659. The Kier molecular flexibility index (Phi) is 5.77. The molecule has 0 bridgehead atoms. The lowest BCUT2D eigenvalue weighted by molar-refractivity contribution is -0.123. The molecule has 0 aliphatic heterocycles. The molecule has 0 fully saturated rings. The highest BCUT2D eigenvalue weighted by Gasteiger charge is 2.21. The summed E-state index contributed by atoms with van der Waals surface area (Å²) in [5.74, 6) is -1.63. The number of anilines is 1. The van der Waals surface area contributed by atoms with Crippen molar-refractivity contribution in [3.8, 4) is 16.6 Å².